The third-order valence-electron chi connectivity index (χ3n) is 3.19. The first-order valence-corrected chi connectivity index (χ1v) is 6.93. The Labute approximate surface area is 119 Å². The zero-order valence-electron chi connectivity index (χ0n) is 12.3. The first kappa shape index (κ1) is 16.3. The van der Waals surface area contributed by atoms with Crippen molar-refractivity contribution in [1.82, 2.24) is 0 Å². The van der Waals surface area contributed by atoms with Crippen LogP contribution in [0.5, 0.6) is 0 Å². The van der Waals surface area contributed by atoms with Gasteiger partial charge in [0.1, 0.15) is 5.82 Å². The van der Waals surface area contributed by atoms with E-state index in [4.69, 9.17) is 5.73 Å². The van der Waals surface area contributed by atoms with Crippen LogP contribution < -0.4 is 11.1 Å². The van der Waals surface area contributed by atoms with Crippen molar-refractivity contribution in [1.29, 1.82) is 0 Å². The fraction of sp³-hybridized carbons (Fsp3) is 0.533. The molecule has 1 unspecified atom stereocenters. The molecule has 0 heterocycles. The molecular formula is C15H23FN2O2. The minimum Gasteiger partial charge on any atom is -0.465 e. The van der Waals surface area contributed by atoms with Gasteiger partial charge in [-0.05, 0) is 25.5 Å². The number of nitrogens with one attached hydrogen (secondary N) is 1. The summed E-state index contributed by atoms with van der Waals surface area (Å²) in [6, 6.07) is 2.69. The van der Waals surface area contributed by atoms with E-state index in [-0.39, 0.29) is 23.0 Å². The third-order valence-corrected chi connectivity index (χ3v) is 3.19. The molecular weight excluding hydrogens is 259 g/mol. The Morgan fingerprint density at radius 2 is 2.15 bits per heavy atom. The van der Waals surface area contributed by atoms with Gasteiger partial charge in [-0.15, -0.1) is 0 Å². The molecule has 4 nitrogen and oxygen atoms in total. The van der Waals surface area contributed by atoms with Crippen LogP contribution >= 0.6 is 0 Å². The summed E-state index contributed by atoms with van der Waals surface area (Å²) in [5.41, 5.74) is 6.17. The molecule has 1 atom stereocenters. The molecule has 5 heteroatoms. The topological polar surface area (TPSA) is 64.3 Å². The lowest BCUT2D eigenvalue weighted by Gasteiger charge is -2.17. The highest BCUT2D eigenvalue weighted by atomic mass is 19.1. The predicted molar refractivity (Wildman–Crippen MR) is 79.4 cm³/mol. The fourth-order valence-electron chi connectivity index (χ4n) is 2.02. The molecule has 3 N–H and O–H groups in total. The lowest BCUT2D eigenvalue weighted by atomic mass is 10.1. The SMILES string of the molecule is CCCCCC(C)Nc1cc(C(=O)OC)c(N)cc1F. The van der Waals surface area contributed by atoms with Gasteiger partial charge in [-0.3, -0.25) is 0 Å². The zero-order valence-corrected chi connectivity index (χ0v) is 12.3. The van der Waals surface area contributed by atoms with Crippen molar-refractivity contribution in [2.45, 2.75) is 45.6 Å². The molecule has 0 saturated heterocycles. The number of nitrogen functional groups attached to an aromatic ring is 1. The van der Waals surface area contributed by atoms with E-state index in [2.05, 4.69) is 17.0 Å². The van der Waals surface area contributed by atoms with Crippen LogP contribution in [0.25, 0.3) is 0 Å². The second kappa shape index (κ2) is 7.72. The number of carbonyl (C=O) groups excluding carboxylic acids is 1. The van der Waals surface area contributed by atoms with Crippen molar-refractivity contribution >= 4 is 17.3 Å². The molecule has 1 aromatic rings. The van der Waals surface area contributed by atoms with Gasteiger partial charge >= 0.3 is 5.97 Å². The smallest absolute Gasteiger partial charge is 0.340 e. The van der Waals surface area contributed by atoms with Crippen molar-refractivity contribution < 1.29 is 13.9 Å². The molecule has 0 aliphatic heterocycles. The van der Waals surface area contributed by atoms with Gasteiger partial charge in [-0.2, -0.15) is 0 Å². The molecule has 0 spiro atoms. The van der Waals surface area contributed by atoms with E-state index in [1.807, 2.05) is 6.92 Å². The van der Waals surface area contributed by atoms with Crippen molar-refractivity contribution in [3.05, 3.63) is 23.5 Å². The molecule has 0 bridgehead atoms. The third kappa shape index (κ3) is 4.40. The summed E-state index contributed by atoms with van der Waals surface area (Å²) >= 11 is 0. The molecule has 0 aromatic heterocycles. The molecule has 1 rings (SSSR count). The van der Waals surface area contributed by atoms with E-state index >= 15 is 0 Å². The van der Waals surface area contributed by atoms with Crippen molar-refractivity contribution in [2.24, 2.45) is 0 Å². The molecule has 0 amide bonds. The molecule has 0 radical (unpaired) electrons. The highest BCUT2D eigenvalue weighted by Crippen LogP contribution is 2.24. The van der Waals surface area contributed by atoms with Gasteiger partial charge in [0, 0.05) is 11.7 Å². The van der Waals surface area contributed by atoms with Crippen LogP contribution in [0.3, 0.4) is 0 Å². The Morgan fingerprint density at radius 3 is 2.75 bits per heavy atom. The fourth-order valence-corrected chi connectivity index (χ4v) is 2.02. The van der Waals surface area contributed by atoms with E-state index in [0.29, 0.717) is 0 Å². The molecule has 20 heavy (non-hydrogen) atoms. The molecule has 1 aromatic carbocycles. The lowest BCUT2D eigenvalue weighted by molar-refractivity contribution is 0.0602. The number of hydrogen-bond donors (Lipinski definition) is 2. The van der Waals surface area contributed by atoms with Gasteiger partial charge in [0.2, 0.25) is 0 Å². The lowest BCUT2D eigenvalue weighted by Crippen LogP contribution is -2.17. The number of unbranched alkanes of at least 4 members (excludes halogenated alkanes) is 2. The number of hydrogen-bond acceptors (Lipinski definition) is 4. The number of ether oxygens (including phenoxy) is 1. The predicted octanol–water partition coefficient (Wildman–Crippen LogP) is 3.58. The highest BCUT2D eigenvalue weighted by Gasteiger charge is 2.15. The van der Waals surface area contributed by atoms with Crippen LogP contribution in [0, 0.1) is 5.82 Å². The van der Waals surface area contributed by atoms with E-state index < -0.39 is 11.8 Å². The van der Waals surface area contributed by atoms with E-state index in [9.17, 15) is 9.18 Å². The number of benzene rings is 1. The first-order valence-electron chi connectivity index (χ1n) is 6.93. The summed E-state index contributed by atoms with van der Waals surface area (Å²) in [6.45, 7) is 4.13. The quantitative estimate of drug-likeness (QED) is 0.456. The second-order valence-corrected chi connectivity index (χ2v) is 4.95. The summed E-state index contributed by atoms with van der Waals surface area (Å²) in [5.74, 6) is -1.03. The number of carbonyl (C=O) groups is 1. The van der Waals surface area contributed by atoms with Crippen LogP contribution in [0.4, 0.5) is 15.8 Å². The van der Waals surface area contributed by atoms with E-state index in [0.717, 1.165) is 31.7 Å². The second-order valence-electron chi connectivity index (χ2n) is 4.95. The average molecular weight is 282 g/mol. The van der Waals surface area contributed by atoms with Gasteiger partial charge in [-0.1, -0.05) is 26.2 Å². The zero-order chi connectivity index (χ0) is 15.1. The van der Waals surface area contributed by atoms with Crippen LogP contribution in [-0.2, 0) is 4.74 Å². The average Bonchev–Trinajstić information content (AvgIpc) is 2.41. The van der Waals surface area contributed by atoms with Gasteiger partial charge < -0.3 is 15.8 Å². The van der Waals surface area contributed by atoms with E-state index in [1.165, 1.54) is 13.2 Å². The molecule has 0 aliphatic rings. The van der Waals surface area contributed by atoms with Crippen LogP contribution in [0.15, 0.2) is 12.1 Å². The number of anilines is 2. The number of methoxy groups -OCH3 is 1. The normalized spacial score (nSPS) is 12.0. The Hall–Kier alpha value is -1.78. The Balaban J connectivity index is 2.81. The largest absolute Gasteiger partial charge is 0.465 e. The maximum absolute atomic E-state index is 13.9. The Morgan fingerprint density at radius 1 is 1.45 bits per heavy atom. The van der Waals surface area contributed by atoms with Crippen molar-refractivity contribution in [3.63, 3.8) is 0 Å². The number of rotatable bonds is 7. The summed E-state index contributed by atoms with van der Waals surface area (Å²) in [4.78, 5) is 11.5. The first-order chi connectivity index (χ1) is 9.49. The number of halogens is 1. The molecule has 0 aliphatic carbocycles. The van der Waals surface area contributed by atoms with Crippen molar-refractivity contribution in [2.75, 3.05) is 18.2 Å². The maximum atomic E-state index is 13.9. The minimum absolute atomic E-state index is 0.0820. The van der Waals surface area contributed by atoms with Crippen LogP contribution in [0.1, 0.15) is 49.9 Å². The standard InChI is InChI=1S/C15H23FN2O2/c1-4-5-6-7-10(2)18-14-8-11(15(19)20-3)13(17)9-12(14)16/h8-10,18H,4-7,17H2,1-3H3. The van der Waals surface area contributed by atoms with Gasteiger partial charge in [-0.25, -0.2) is 9.18 Å². The number of nitrogens with two attached hydrogens (primary N) is 1. The summed E-state index contributed by atoms with van der Waals surface area (Å²) in [5, 5.41) is 3.08. The van der Waals surface area contributed by atoms with Crippen LogP contribution in [-0.4, -0.2) is 19.1 Å². The maximum Gasteiger partial charge on any atom is 0.340 e. The summed E-state index contributed by atoms with van der Waals surface area (Å²) < 4.78 is 18.5. The summed E-state index contributed by atoms with van der Waals surface area (Å²) in [7, 11) is 1.27. The molecule has 0 fully saturated rings. The monoisotopic (exact) mass is 282 g/mol. The van der Waals surface area contributed by atoms with Gasteiger partial charge in [0.15, 0.2) is 0 Å². The Kier molecular flexibility index (Phi) is 6.28. The van der Waals surface area contributed by atoms with Crippen LogP contribution in [0.2, 0.25) is 0 Å². The highest BCUT2D eigenvalue weighted by molar-refractivity contribution is 5.96. The van der Waals surface area contributed by atoms with Crippen molar-refractivity contribution in [3.8, 4) is 0 Å². The Bertz CT molecular complexity index is 463. The van der Waals surface area contributed by atoms with E-state index in [1.54, 1.807) is 0 Å². The molecule has 0 saturated carbocycles. The summed E-state index contributed by atoms with van der Waals surface area (Å²) in [6.07, 6.45) is 4.34. The van der Waals surface area contributed by atoms with Gasteiger partial charge in [0.25, 0.3) is 0 Å². The van der Waals surface area contributed by atoms with Gasteiger partial charge in [0.05, 0.1) is 18.4 Å². The number of esters is 1. The molecule has 112 valence electrons. The minimum atomic E-state index is -0.566.